The molecule has 0 aliphatic carbocycles. The van der Waals surface area contributed by atoms with Crippen LogP contribution in [0.4, 0.5) is 4.79 Å². The zero-order valence-electron chi connectivity index (χ0n) is 14.7. The summed E-state index contributed by atoms with van der Waals surface area (Å²) in [5.74, 6) is -0.0481. The van der Waals surface area contributed by atoms with E-state index in [1.807, 2.05) is 6.92 Å². The van der Waals surface area contributed by atoms with Gasteiger partial charge in [0.2, 0.25) is 0 Å². The van der Waals surface area contributed by atoms with Gasteiger partial charge in [-0.3, -0.25) is 14.5 Å². The fourth-order valence-corrected chi connectivity index (χ4v) is 4.12. The number of nitriles is 1. The predicted molar refractivity (Wildman–Crippen MR) is 110 cm³/mol. The molecule has 2 aromatic carbocycles. The maximum atomic E-state index is 12.7. The molecule has 0 unspecified atom stereocenters. The summed E-state index contributed by atoms with van der Waals surface area (Å²) in [7, 11) is 0. The topological polar surface area (TPSA) is 70.4 Å². The van der Waals surface area contributed by atoms with Crippen molar-refractivity contribution in [2.45, 2.75) is 13.5 Å². The van der Waals surface area contributed by atoms with Crippen LogP contribution >= 0.6 is 35.0 Å². The van der Waals surface area contributed by atoms with Crippen LogP contribution in [0.25, 0.3) is 6.08 Å². The monoisotopic (exact) mass is 432 g/mol. The molecule has 0 atom stereocenters. The third-order valence-corrected chi connectivity index (χ3v) is 5.42. The molecule has 1 aliphatic rings. The summed E-state index contributed by atoms with van der Waals surface area (Å²) in [4.78, 5) is 26.4. The molecule has 3 rings (SSSR count). The maximum Gasteiger partial charge on any atom is 0.293 e. The van der Waals surface area contributed by atoms with E-state index in [-0.39, 0.29) is 11.4 Å². The Bertz CT molecular complexity index is 1010. The number of nitrogens with zero attached hydrogens (tertiary/aromatic N) is 2. The van der Waals surface area contributed by atoms with E-state index in [2.05, 4.69) is 6.07 Å². The van der Waals surface area contributed by atoms with Crippen LogP contribution in [0.3, 0.4) is 0 Å². The van der Waals surface area contributed by atoms with Crippen molar-refractivity contribution in [1.82, 2.24) is 4.90 Å². The summed E-state index contributed by atoms with van der Waals surface area (Å²) in [5, 5.41) is 9.44. The molecular formula is C20H14Cl2N2O3S. The molecule has 2 amide bonds. The van der Waals surface area contributed by atoms with E-state index in [1.54, 1.807) is 42.5 Å². The lowest BCUT2D eigenvalue weighted by atomic mass is 10.1. The molecule has 1 aliphatic heterocycles. The van der Waals surface area contributed by atoms with Crippen LogP contribution in [0.5, 0.6) is 5.75 Å². The molecule has 2 aromatic rings. The van der Waals surface area contributed by atoms with Gasteiger partial charge in [0.25, 0.3) is 11.1 Å². The number of amides is 2. The first-order valence-corrected chi connectivity index (χ1v) is 9.87. The molecule has 28 heavy (non-hydrogen) atoms. The van der Waals surface area contributed by atoms with E-state index < -0.39 is 11.1 Å². The van der Waals surface area contributed by atoms with Gasteiger partial charge in [0, 0.05) is 0 Å². The van der Waals surface area contributed by atoms with Crippen LogP contribution < -0.4 is 4.74 Å². The molecule has 0 spiro atoms. The lowest BCUT2D eigenvalue weighted by Crippen LogP contribution is -2.27. The van der Waals surface area contributed by atoms with Gasteiger partial charge in [0.1, 0.15) is 0 Å². The van der Waals surface area contributed by atoms with Crippen LogP contribution in [0, 0.1) is 11.3 Å². The molecule has 8 heteroatoms. The summed E-state index contributed by atoms with van der Waals surface area (Å²) in [6, 6.07) is 12.2. The SMILES string of the molecule is CCOc1c(Cl)cc(/C=C2/SC(=O)N(Cc3ccccc3C#N)C2=O)cc1Cl. The minimum atomic E-state index is -0.427. The number of hydrogen-bond acceptors (Lipinski definition) is 5. The second-order valence-electron chi connectivity index (χ2n) is 5.78. The first-order chi connectivity index (χ1) is 13.4. The van der Waals surface area contributed by atoms with E-state index in [1.165, 1.54) is 0 Å². The van der Waals surface area contributed by atoms with Crippen molar-refractivity contribution in [3.05, 3.63) is 68.0 Å². The zero-order valence-corrected chi connectivity index (χ0v) is 17.1. The average Bonchev–Trinajstić information content (AvgIpc) is 2.92. The minimum Gasteiger partial charge on any atom is -0.491 e. The highest BCUT2D eigenvalue weighted by Gasteiger charge is 2.35. The summed E-state index contributed by atoms with van der Waals surface area (Å²) in [5.41, 5.74) is 1.62. The molecule has 5 nitrogen and oxygen atoms in total. The van der Waals surface area contributed by atoms with Gasteiger partial charge in [-0.25, -0.2) is 0 Å². The number of benzene rings is 2. The van der Waals surface area contributed by atoms with Crippen molar-refractivity contribution in [3.63, 3.8) is 0 Å². The standard InChI is InChI=1S/C20H14Cl2N2O3S/c1-2-27-18-15(21)7-12(8-16(18)22)9-17-19(25)24(20(26)28-17)11-14-6-4-3-5-13(14)10-23/h3-9H,2,11H2,1H3/b17-9+. The van der Waals surface area contributed by atoms with Gasteiger partial charge in [-0.2, -0.15) is 5.26 Å². The molecule has 1 saturated heterocycles. The van der Waals surface area contributed by atoms with Gasteiger partial charge in [-0.15, -0.1) is 0 Å². The minimum absolute atomic E-state index is 0.0382. The maximum absolute atomic E-state index is 12.7. The summed E-state index contributed by atoms with van der Waals surface area (Å²) < 4.78 is 5.39. The van der Waals surface area contributed by atoms with Gasteiger partial charge in [0.15, 0.2) is 5.75 Å². The number of carbonyl (C=O) groups excluding carboxylic acids is 2. The largest absolute Gasteiger partial charge is 0.491 e. The number of rotatable bonds is 5. The summed E-state index contributed by atoms with van der Waals surface area (Å²) >= 11 is 13.2. The van der Waals surface area contributed by atoms with E-state index >= 15 is 0 Å². The van der Waals surface area contributed by atoms with E-state index in [9.17, 15) is 14.9 Å². The normalized spacial score (nSPS) is 15.2. The summed E-state index contributed by atoms with van der Waals surface area (Å²) in [6.07, 6.45) is 1.56. The van der Waals surface area contributed by atoms with Crippen LogP contribution in [0.1, 0.15) is 23.6 Å². The van der Waals surface area contributed by atoms with E-state index in [0.29, 0.717) is 39.1 Å². The number of thioether (sulfide) groups is 1. The number of halogens is 2. The molecule has 0 radical (unpaired) electrons. The van der Waals surface area contributed by atoms with Crippen LogP contribution in [-0.2, 0) is 11.3 Å². The quantitative estimate of drug-likeness (QED) is 0.583. The number of imide groups is 1. The molecular weight excluding hydrogens is 419 g/mol. The van der Waals surface area contributed by atoms with Gasteiger partial charge < -0.3 is 4.74 Å². The highest BCUT2D eigenvalue weighted by Crippen LogP contribution is 2.37. The van der Waals surface area contributed by atoms with Crippen molar-refractivity contribution < 1.29 is 14.3 Å². The fraction of sp³-hybridized carbons (Fsp3) is 0.150. The van der Waals surface area contributed by atoms with Crippen molar-refractivity contribution in [2.24, 2.45) is 0 Å². The average molecular weight is 433 g/mol. The molecule has 142 valence electrons. The van der Waals surface area contributed by atoms with Gasteiger partial charge in [-0.1, -0.05) is 41.4 Å². The van der Waals surface area contributed by atoms with Crippen molar-refractivity contribution >= 4 is 52.2 Å². The Labute approximate surface area is 176 Å². The predicted octanol–water partition coefficient (Wildman–Crippen LogP) is 5.50. The number of carbonyl (C=O) groups is 2. The molecule has 0 bridgehead atoms. The van der Waals surface area contributed by atoms with Gasteiger partial charge in [0.05, 0.1) is 39.7 Å². The second-order valence-corrected chi connectivity index (χ2v) is 7.59. The van der Waals surface area contributed by atoms with Crippen LogP contribution in [0.15, 0.2) is 41.3 Å². The highest BCUT2D eigenvalue weighted by atomic mass is 35.5. The van der Waals surface area contributed by atoms with Crippen LogP contribution in [-0.4, -0.2) is 22.7 Å². The third-order valence-electron chi connectivity index (χ3n) is 3.95. The van der Waals surface area contributed by atoms with Crippen LogP contribution in [0.2, 0.25) is 10.0 Å². The first kappa shape index (κ1) is 20.3. The smallest absolute Gasteiger partial charge is 0.293 e. The number of ether oxygens (including phenoxy) is 1. The van der Waals surface area contributed by atoms with Gasteiger partial charge in [-0.05, 0) is 54.1 Å². The summed E-state index contributed by atoms with van der Waals surface area (Å²) in [6.45, 7) is 2.28. The molecule has 1 fully saturated rings. The van der Waals surface area contributed by atoms with E-state index in [4.69, 9.17) is 27.9 Å². The fourth-order valence-electron chi connectivity index (χ4n) is 2.67. The Morgan fingerprint density at radius 1 is 1.21 bits per heavy atom. The Morgan fingerprint density at radius 2 is 1.89 bits per heavy atom. The van der Waals surface area contributed by atoms with Gasteiger partial charge >= 0.3 is 0 Å². The molecule has 0 N–H and O–H groups in total. The molecule has 1 heterocycles. The van der Waals surface area contributed by atoms with E-state index in [0.717, 1.165) is 16.7 Å². The zero-order chi connectivity index (χ0) is 20.3. The highest BCUT2D eigenvalue weighted by molar-refractivity contribution is 8.18. The second kappa shape index (κ2) is 8.70. The lowest BCUT2D eigenvalue weighted by Gasteiger charge is -2.13. The Balaban J connectivity index is 1.86. The molecule has 0 saturated carbocycles. The lowest BCUT2D eigenvalue weighted by molar-refractivity contribution is -0.123. The van der Waals surface area contributed by atoms with Crippen molar-refractivity contribution in [2.75, 3.05) is 6.61 Å². The Kier molecular flexibility index (Phi) is 6.30. The number of hydrogen-bond donors (Lipinski definition) is 0. The Hall–Kier alpha value is -2.46. The third kappa shape index (κ3) is 4.17. The first-order valence-electron chi connectivity index (χ1n) is 8.29. The van der Waals surface area contributed by atoms with Crippen molar-refractivity contribution in [3.8, 4) is 11.8 Å². The van der Waals surface area contributed by atoms with Crippen molar-refractivity contribution in [1.29, 1.82) is 5.26 Å². The molecule has 0 aromatic heterocycles. The Morgan fingerprint density at radius 3 is 2.54 bits per heavy atom.